The van der Waals surface area contributed by atoms with Gasteiger partial charge < -0.3 is 0 Å². The average molecular weight is 228 g/mol. The Labute approximate surface area is 91.5 Å². The van der Waals surface area contributed by atoms with E-state index >= 15 is 0 Å². The molecule has 1 aliphatic heterocycles. The summed E-state index contributed by atoms with van der Waals surface area (Å²) in [6.45, 7) is 2.45. The highest BCUT2D eigenvalue weighted by Gasteiger charge is 2.13. The van der Waals surface area contributed by atoms with Gasteiger partial charge in [0, 0.05) is 18.0 Å². The smallest absolute Gasteiger partial charge is 0.142 e. The lowest BCUT2D eigenvalue weighted by molar-refractivity contribution is 1.29. The summed E-state index contributed by atoms with van der Waals surface area (Å²) >= 11 is 11.7. The highest BCUT2D eigenvalue weighted by Crippen LogP contribution is 2.29. The van der Waals surface area contributed by atoms with Crippen LogP contribution in [-0.2, 0) is 0 Å². The first-order valence-corrected chi connectivity index (χ1v) is 4.84. The van der Waals surface area contributed by atoms with Gasteiger partial charge in [0.25, 0.3) is 0 Å². The molecule has 2 rings (SSSR count). The van der Waals surface area contributed by atoms with Crippen LogP contribution in [0.1, 0.15) is 12.5 Å². The molecule has 14 heavy (non-hydrogen) atoms. The number of rotatable bonds is 0. The minimum atomic E-state index is 0.348. The van der Waals surface area contributed by atoms with Crippen LogP contribution >= 0.6 is 23.2 Å². The highest BCUT2D eigenvalue weighted by molar-refractivity contribution is 6.36. The molecule has 0 fully saturated rings. The molecule has 72 valence electrons. The molecule has 5 heteroatoms. The molecule has 2 heterocycles. The van der Waals surface area contributed by atoms with Crippen LogP contribution in [0.2, 0.25) is 10.3 Å². The monoisotopic (exact) mass is 227 g/mol. The lowest BCUT2D eigenvalue weighted by Crippen LogP contribution is -1.98. The van der Waals surface area contributed by atoms with Crippen molar-refractivity contribution in [1.82, 2.24) is 4.98 Å². The lowest BCUT2D eigenvalue weighted by atomic mass is 10.1. The van der Waals surface area contributed by atoms with Crippen LogP contribution in [0.3, 0.4) is 0 Å². The Hall–Kier alpha value is -0.930. The van der Waals surface area contributed by atoms with Crippen molar-refractivity contribution in [3.63, 3.8) is 0 Å². The Kier molecular flexibility index (Phi) is 2.52. The first kappa shape index (κ1) is 9.62. The van der Waals surface area contributed by atoms with Crippen LogP contribution in [0, 0.1) is 0 Å². The second-order valence-electron chi connectivity index (χ2n) is 2.87. The fourth-order valence-corrected chi connectivity index (χ4v) is 1.86. The van der Waals surface area contributed by atoms with Crippen LogP contribution in [-0.4, -0.2) is 23.5 Å². The van der Waals surface area contributed by atoms with Gasteiger partial charge in [-0.25, -0.2) is 4.98 Å². The molecule has 0 atom stereocenters. The fourth-order valence-electron chi connectivity index (χ4n) is 1.31. The number of hydrogen-bond acceptors (Lipinski definition) is 3. The standard InChI is InChI=1S/C9H7Cl2N3/c1-5-8-6(13-3-2-12-5)4-7(10)14-9(8)11/h3-4H,2H2,1H3. The van der Waals surface area contributed by atoms with Gasteiger partial charge in [0.15, 0.2) is 0 Å². The molecule has 0 spiro atoms. The van der Waals surface area contributed by atoms with Gasteiger partial charge in [0.05, 0.1) is 17.8 Å². The average Bonchev–Trinajstić information content (AvgIpc) is 2.27. The van der Waals surface area contributed by atoms with Crippen LogP contribution in [0.5, 0.6) is 0 Å². The molecule has 0 N–H and O–H groups in total. The zero-order valence-electron chi connectivity index (χ0n) is 7.46. The molecule has 0 unspecified atom stereocenters. The first-order valence-electron chi connectivity index (χ1n) is 4.08. The van der Waals surface area contributed by atoms with E-state index in [2.05, 4.69) is 15.0 Å². The summed E-state index contributed by atoms with van der Waals surface area (Å²) in [7, 11) is 0. The molecule has 0 aromatic carbocycles. The molecular formula is C9H7Cl2N3. The first-order chi connectivity index (χ1) is 6.68. The summed E-state index contributed by atoms with van der Waals surface area (Å²) in [5.74, 6) is 0. The number of aliphatic imine (C=N–C) groups is 2. The maximum atomic E-state index is 5.96. The van der Waals surface area contributed by atoms with Gasteiger partial charge in [-0.15, -0.1) is 0 Å². The minimum Gasteiger partial charge on any atom is -0.284 e. The second-order valence-corrected chi connectivity index (χ2v) is 3.61. The SMILES string of the molecule is CC1=NCC=Nc2cc(Cl)nc(Cl)c21. The summed E-state index contributed by atoms with van der Waals surface area (Å²) in [5, 5.41) is 0.702. The minimum absolute atomic E-state index is 0.348. The molecule has 1 aromatic rings. The second kappa shape index (κ2) is 3.67. The zero-order chi connectivity index (χ0) is 10.1. The Balaban J connectivity index is 2.72. The number of aromatic nitrogens is 1. The van der Waals surface area contributed by atoms with Crippen LogP contribution < -0.4 is 0 Å². The third-order valence-corrected chi connectivity index (χ3v) is 2.39. The molecule has 0 radical (unpaired) electrons. The van der Waals surface area contributed by atoms with E-state index < -0.39 is 0 Å². The van der Waals surface area contributed by atoms with Gasteiger partial charge in [-0.2, -0.15) is 0 Å². The van der Waals surface area contributed by atoms with E-state index in [1.807, 2.05) is 6.92 Å². The number of hydrogen-bond donors (Lipinski definition) is 0. The van der Waals surface area contributed by atoms with Crippen molar-refractivity contribution in [1.29, 1.82) is 0 Å². The number of halogens is 2. The lowest BCUT2D eigenvalue weighted by Gasteiger charge is -2.05. The Morgan fingerprint density at radius 3 is 2.93 bits per heavy atom. The molecule has 1 aromatic heterocycles. The van der Waals surface area contributed by atoms with Gasteiger partial charge in [0.2, 0.25) is 0 Å². The predicted octanol–water partition coefficient (Wildman–Crippen LogP) is 2.91. The summed E-state index contributed by atoms with van der Waals surface area (Å²) in [6, 6.07) is 1.68. The van der Waals surface area contributed by atoms with Crippen LogP contribution in [0.4, 0.5) is 5.69 Å². The van der Waals surface area contributed by atoms with Gasteiger partial charge in [0.1, 0.15) is 10.3 Å². The van der Waals surface area contributed by atoms with Gasteiger partial charge >= 0.3 is 0 Å². The largest absolute Gasteiger partial charge is 0.284 e. The Morgan fingerprint density at radius 1 is 1.36 bits per heavy atom. The molecular weight excluding hydrogens is 221 g/mol. The summed E-state index contributed by atoms with van der Waals surface area (Å²) in [6.07, 6.45) is 1.72. The molecule has 0 saturated heterocycles. The van der Waals surface area contributed by atoms with Crippen molar-refractivity contribution in [2.45, 2.75) is 6.92 Å². The molecule has 3 nitrogen and oxygen atoms in total. The molecule has 1 aliphatic rings. The van der Waals surface area contributed by atoms with Crippen molar-refractivity contribution in [2.75, 3.05) is 6.54 Å². The van der Waals surface area contributed by atoms with Crippen LogP contribution in [0.15, 0.2) is 16.1 Å². The Bertz CT molecular complexity index is 438. The maximum absolute atomic E-state index is 5.96. The van der Waals surface area contributed by atoms with Crippen molar-refractivity contribution in [3.05, 3.63) is 21.9 Å². The quantitative estimate of drug-likeness (QED) is 0.629. The van der Waals surface area contributed by atoms with E-state index in [1.165, 1.54) is 0 Å². The molecule has 0 bridgehead atoms. The van der Waals surface area contributed by atoms with Gasteiger partial charge in [-0.1, -0.05) is 23.2 Å². The number of pyridine rings is 1. The summed E-state index contributed by atoms with van der Waals surface area (Å²) in [4.78, 5) is 12.4. The van der Waals surface area contributed by atoms with Gasteiger partial charge in [-0.3, -0.25) is 9.98 Å². The van der Waals surface area contributed by atoms with Crippen molar-refractivity contribution in [2.24, 2.45) is 9.98 Å². The molecule has 0 aliphatic carbocycles. The third-order valence-electron chi connectivity index (χ3n) is 1.93. The molecule has 0 amide bonds. The van der Waals surface area contributed by atoms with E-state index in [1.54, 1.807) is 12.3 Å². The predicted molar refractivity (Wildman–Crippen MR) is 59.5 cm³/mol. The van der Waals surface area contributed by atoms with Crippen molar-refractivity contribution < 1.29 is 0 Å². The maximum Gasteiger partial charge on any atom is 0.142 e. The number of nitrogens with zero attached hydrogens (tertiary/aromatic N) is 3. The third kappa shape index (κ3) is 1.65. The topological polar surface area (TPSA) is 37.6 Å². The van der Waals surface area contributed by atoms with E-state index in [4.69, 9.17) is 23.2 Å². The summed E-state index contributed by atoms with van der Waals surface area (Å²) in [5.41, 5.74) is 2.34. The van der Waals surface area contributed by atoms with Crippen molar-refractivity contribution in [3.8, 4) is 0 Å². The summed E-state index contributed by atoms with van der Waals surface area (Å²) < 4.78 is 0. The van der Waals surface area contributed by atoms with E-state index in [0.29, 0.717) is 16.9 Å². The highest BCUT2D eigenvalue weighted by atomic mass is 35.5. The Morgan fingerprint density at radius 2 is 2.14 bits per heavy atom. The van der Waals surface area contributed by atoms with Crippen molar-refractivity contribution >= 4 is 40.8 Å². The van der Waals surface area contributed by atoms with E-state index in [-0.39, 0.29) is 0 Å². The zero-order valence-corrected chi connectivity index (χ0v) is 8.97. The van der Waals surface area contributed by atoms with Crippen LogP contribution in [0.25, 0.3) is 0 Å². The van der Waals surface area contributed by atoms with Gasteiger partial charge in [-0.05, 0) is 6.92 Å². The van der Waals surface area contributed by atoms with E-state index in [9.17, 15) is 0 Å². The van der Waals surface area contributed by atoms with E-state index in [0.717, 1.165) is 17.0 Å². The normalized spacial score (nSPS) is 14.6. The fraction of sp³-hybridized carbons (Fsp3) is 0.222. The molecule has 0 saturated carbocycles. The number of fused-ring (bicyclic) bond motifs is 1.